The molecule has 1 aromatic carbocycles. The van der Waals surface area contributed by atoms with Crippen LogP contribution in [0.4, 0.5) is 5.82 Å². The number of methoxy groups -OCH3 is 1. The predicted molar refractivity (Wildman–Crippen MR) is 153 cm³/mol. The quantitative estimate of drug-likeness (QED) is 0.319. The van der Waals surface area contributed by atoms with Gasteiger partial charge in [-0.2, -0.15) is 0 Å². The fourth-order valence-electron chi connectivity index (χ4n) is 5.03. The van der Waals surface area contributed by atoms with E-state index in [1.807, 2.05) is 43.3 Å². The number of benzene rings is 1. The summed E-state index contributed by atoms with van der Waals surface area (Å²) in [6.45, 7) is 5.33. The minimum atomic E-state index is -0.198. The number of piperidine rings is 1. The molecule has 1 atom stereocenters. The maximum Gasteiger partial charge on any atom is 0.267 e. The number of rotatable bonds is 6. The van der Waals surface area contributed by atoms with E-state index in [1.165, 1.54) is 18.2 Å². The number of thioether (sulfide) groups is 1. The van der Waals surface area contributed by atoms with Crippen LogP contribution in [0.2, 0.25) is 0 Å². The highest BCUT2D eigenvalue weighted by Crippen LogP contribution is 2.36. The molecule has 0 saturated carbocycles. The highest BCUT2D eigenvalue weighted by Gasteiger charge is 2.34. The molecule has 192 valence electrons. The molecule has 9 heteroatoms. The normalized spacial score (nSPS) is 19.3. The number of amides is 1. The molecule has 0 radical (unpaired) electrons. The van der Waals surface area contributed by atoms with Crippen LogP contribution in [0.15, 0.2) is 52.3 Å². The van der Waals surface area contributed by atoms with Crippen molar-refractivity contribution in [3.63, 3.8) is 0 Å². The van der Waals surface area contributed by atoms with Crippen LogP contribution in [0.1, 0.15) is 49.3 Å². The monoisotopic (exact) mass is 534 g/mol. The van der Waals surface area contributed by atoms with Crippen LogP contribution in [-0.4, -0.2) is 44.2 Å². The van der Waals surface area contributed by atoms with Gasteiger partial charge in [0.1, 0.15) is 21.5 Å². The van der Waals surface area contributed by atoms with Crippen LogP contribution in [0.3, 0.4) is 0 Å². The Morgan fingerprint density at radius 1 is 1.19 bits per heavy atom. The Kier molecular flexibility index (Phi) is 7.35. The van der Waals surface area contributed by atoms with Gasteiger partial charge in [0, 0.05) is 18.8 Å². The third kappa shape index (κ3) is 4.90. The fraction of sp³-hybridized carbons (Fsp3) is 0.357. The van der Waals surface area contributed by atoms with Crippen LogP contribution < -0.4 is 15.2 Å². The van der Waals surface area contributed by atoms with Gasteiger partial charge in [0.25, 0.3) is 11.5 Å². The van der Waals surface area contributed by atoms with Crippen LogP contribution in [-0.2, 0) is 11.3 Å². The van der Waals surface area contributed by atoms with E-state index in [-0.39, 0.29) is 11.5 Å². The zero-order valence-electron chi connectivity index (χ0n) is 21.3. The summed E-state index contributed by atoms with van der Waals surface area (Å²) in [5.74, 6) is 1.21. The Labute approximate surface area is 226 Å². The van der Waals surface area contributed by atoms with Gasteiger partial charge in [-0.25, -0.2) is 4.98 Å². The van der Waals surface area contributed by atoms with Crippen molar-refractivity contribution in [3.05, 3.63) is 74.5 Å². The van der Waals surface area contributed by atoms with E-state index in [9.17, 15) is 9.59 Å². The smallest absolute Gasteiger partial charge is 0.267 e. The SMILES string of the molecule is CCC1CCCCN1c1nc2c(C)cccn2c(=O)c1C=C1SC(=S)N(Cc2ccc(OC)cc2)C1=O. The third-order valence-electron chi connectivity index (χ3n) is 7.08. The Hall–Kier alpha value is -3.17. The molecule has 3 aromatic rings. The highest BCUT2D eigenvalue weighted by atomic mass is 32.2. The van der Waals surface area contributed by atoms with Gasteiger partial charge in [-0.1, -0.05) is 49.1 Å². The van der Waals surface area contributed by atoms with E-state index in [2.05, 4.69) is 11.8 Å². The first-order chi connectivity index (χ1) is 17.9. The van der Waals surface area contributed by atoms with E-state index >= 15 is 0 Å². The van der Waals surface area contributed by atoms with Gasteiger partial charge >= 0.3 is 0 Å². The number of thiocarbonyl (C=S) groups is 1. The molecule has 4 heterocycles. The van der Waals surface area contributed by atoms with Gasteiger partial charge in [0.2, 0.25) is 0 Å². The molecule has 0 bridgehead atoms. The van der Waals surface area contributed by atoms with Crippen molar-refractivity contribution in [2.75, 3.05) is 18.6 Å². The van der Waals surface area contributed by atoms with Gasteiger partial charge in [0.15, 0.2) is 0 Å². The maximum atomic E-state index is 13.8. The molecular weight excluding hydrogens is 504 g/mol. The molecule has 2 aliphatic rings. The molecule has 0 aliphatic carbocycles. The van der Waals surface area contributed by atoms with E-state index in [0.717, 1.165) is 42.7 Å². The molecule has 2 aromatic heterocycles. The molecule has 7 nitrogen and oxygen atoms in total. The Balaban J connectivity index is 1.57. The summed E-state index contributed by atoms with van der Waals surface area (Å²) < 4.78 is 7.28. The van der Waals surface area contributed by atoms with Gasteiger partial charge in [-0.05, 0) is 68.0 Å². The predicted octanol–water partition coefficient (Wildman–Crippen LogP) is 5.18. The number of aryl methyl sites for hydroxylation is 1. The average Bonchev–Trinajstić information content (AvgIpc) is 3.18. The number of aromatic nitrogens is 2. The summed E-state index contributed by atoms with van der Waals surface area (Å²) in [6, 6.07) is 11.7. The summed E-state index contributed by atoms with van der Waals surface area (Å²) in [7, 11) is 1.62. The molecule has 1 amide bonds. The van der Waals surface area contributed by atoms with Crippen molar-refractivity contribution >= 4 is 51.7 Å². The average molecular weight is 535 g/mol. The lowest BCUT2D eigenvalue weighted by Gasteiger charge is -2.37. The maximum absolute atomic E-state index is 13.8. The van der Waals surface area contributed by atoms with Gasteiger partial charge in [-0.15, -0.1) is 0 Å². The fourth-order valence-corrected chi connectivity index (χ4v) is 6.27. The first-order valence-corrected chi connectivity index (χ1v) is 13.8. The van der Waals surface area contributed by atoms with Gasteiger partial charge in [0.05, 0.1) is 24.1 Å². The topological polar surface area (TPSA) is 67.2 Å². The van der Waals surface area contributed by atoms with Gasteiger partial charge in [-0.3, -0.25) is 18.9 Å². The van der Waals surface area contributed by atoms with E-state index in [1.54, 1.807) is 28.7 Å². The number of ether oxygens (including phenoxy) is 1. The zero-order valence-corrected chi connectivity index (χ0v) is 22.9. The van der Waals surface area contributed by atoms with E-state index < -0.39 is 0 Å². The third-order valence-corrected chi connectivity index (χ3v) is 8.46. The Morgan fingerprint density at radius 2 is 1.97 bits per heavy atom. The Bertz CT molecular complexity index is 1450. The number of nitrogens with zero attached hydrogens (tertiary/aromatic N) is 4. The van der Waals surface area contributed by atoms with Crippen LogP contribution in [0.25, 0.3) is 11.7 Å². The van der Waals surface area contributed by atoms with Crippen molar-refractivity contribution in [3.8, 4) is 5.75 Å². The van der Waals surface area contributed by atoms with Crippen molar-refractivity contribution in [1.82, 2.24) is 14.3 Å². The van der Waals surface area contributed by atoms with Crippen LogP contribution >= 0.6 is 24.0 Å². The number of hydrogen-bond donors (Lipinski definition) is 0. The first-order valence-electron chi connectivity index (χ1n) is 12.6. The molecule has 2 fully saturated rings. The van der Waals surface area contributed by atoms with Crippen LogP contribution in [0.5, 0.6) is 5.75 Å². The summed E-state index contributed by atoms with van der Waals surface area (Å²) in [4.78, 5) is 36.6. The zero-order chi connectivity index (χ0) is 26.1. The number of carbonyl (C=O) groups excluding carboxylic acids is 1. The van der Waals surface area contributed by atoms with Crippen molar-refractivity contribution in [2.45, 2.75) is 52.1 Å². The van der Waals surface area contributed by atoms with Crippen molar-refractivity contribution in [1.29, 1.82) is 0 Å². The number of carbonyl (C=O) groups is 1. The lowest BCUT2D eigenvalue weighted by Crippen LogP contribution is -2.41. The summed E-state index contributed by atoms with van der Waals surface area (Å²) in [5.41, 5.74) is 2.79. The highest BCUT2D eigenvalue weighted by molar-refractivity contribution is 8.26. The number of fused-ring (bicyclic) bond motifs is 1. The summed E-state index contributed by atoms with van der Waals surface area (Å²) in [5, 5.41) is 0. The van der Waals surface area contributed by atoms with E-state index in [4.69, 9.17) is 21.9 Å². The minimum Gasteiger partial charge on any atom is -0.497 e. The second kappa shape index (κ2) is 10.7. The molecule has 1 unspecified atom stereocenters. The molecular formula is C28H30N4O3S2. The molecule has 37 heavy (non-hydrogen) atoms. The number of anilines is 1. The molecule has 2 aliphatic heterocycles. The molecule has 5 rings (SSSR count). The van der Waals surface area contributed by atoms with Crippen LogP contribution in [0, 0.1) is 6.92 Å². The standard InChI is InChI=1S/C28H30N4O3S2/c1-4-20-9-5-6-14-30(20)25-22(26(33)31-15-7-8-18(2)24(31)29-25)16-23-27(34)32(28(36)37-23)17-19-10-12-21(35-3)13-11-19/h7-8,10-13,15-16,20H,4-6,9,14,17H2,1-3H3. The second-order valence-electron chi connectivity index (χ2n) is 9.41. The second-order valence-corrected chi connectivity index (χ2v) is 11.1. The largest absolute Gasteiger partial charge is 0.497 e. The number of hydrogen-bond acceptors (Lipinski definition) is 7. The number of pyridine rings is 1. The lowest BCUT2D eigenvalue weighted by molar-refractivity contribution is -0.122. The van der Waals surface area contributed by atoms with Gasteiger partial charge < -0.3 is 9.64 Å². The molecule has 2 saturated heterocycles. The summed E-state index contributed by atoms with van der Waals surface area (Å²) in [6.07, 6.45) is 7.69. The Morgan fingerprint density at radius 3 is 2.70 bits per heavy atom. The molecule has 0 spiro atoms. The van der Waals surface area contributed by atoms with Crippen molar-refractivity contribution < 1.29 is 9.53 Å². The summed E-state index contributed by atoms with van der Waals surface area (Å²) >= 11 is 6.81. The van der Waals surface area contributed by atoms with Crippen molar-refractivity contribution in [2.24, 2.45) is 0 Å². The first kappa shape index (κ1) is 25.5. The molecule has 0 N–H and O–H groups in total. The van der Waals surface area contributed by atoms with E-state index in [0.29, 0.717) is 38.8 Å². The lowest BCUT2D eigenvalue weighted by atomic mass is 9.99. The minimum absolute atomic E-state index is 0.176.